The lowest BCUT2D eigenvalue weighted by Crippen LogP contribution is -2.33. The van der Waals surface area contributed by atoms with E-state index in [2.05, 4.69) is 17.3 Å². The quantitative estimate of drug-likeness (QED) is 0.679. The van der Waals surface area contributed by atoms with E-state index in [9.17, 15) is 14.7 Å². The number of hydrogen-bond acceptors (Lipinski definition) is 8. The first-order chi connectivity index (χ1) is 15.6. The van der Waals surface area contributed by atoms with Crippen LogP contribution in [0.5, 0.6) is 23.0 Å². The molecule has 0 fully saturated rings. The maximum atomic E-state index is 12.9. The van der Waals surface area contributed by atoms with Crippen molar-refractivity contribution in [2.24, 2.45) is 0 Å². The number of nitrogens with one attached hydrogen (secondary N) is 1. The van der Waals surface area contributed by atoms with Gasteiger partial charge in [0.15, 0.2) is 17.3 Å². The third-order valence-corrected chi connectivity index (χ3v) is 6.20. The fraction of sp³-hybridized carbons (Fsp3) is 0.500. The third kappa shape index (κ3) is 4.25. The van der Waals surface area contributed by atoms with Gasteiger partial charge in [0, 0.05) is 48.7 Å². The van der Waals surface area contributed by atoms with Crippen LogP contribution in [0.4, 0.5) is 0 Å². The standard InChI is InChI=1S/C24H30N2O7/c1-13-8-17(27)19(29)23(33-13)24(2,3)9-18(28)25-10-15-14-6-7-26(4)11-16(14)20(30-5)22-21(15)31-12-32-22/h8,29H,6-7,9-12H2,1-5H3,(H,25,28). The molecule has 9 nitrogen and oxygen atoms in total. The van der Waals surface area contributed by atoms with E-state index in [1.165, 1.54) is 6.07 Å². The number of amides is 1. The Morgan fingerprint density at radius 2 is 2.00 bits per heavy atom. The first kappa shape index (κ1) is 23.0. The summed E-state index contributed by atoms with van der Waals surface area (Å²) in [4.78, 5) is 27.1. The second-order valence-corrected chi connectivity index (χ2v) is 9.26. The maximum absolute atomic E-state index is 12.9. The summed E-state index contributed by atoms with van der Waals surface area (Å²) < 4.78 is 22.7. The number of carbonyl (C=O) groups excluding carboxylic acids is 1. The number of carbonyl (C=O) groups is 1. The van der Waals surface area contributed by atoms with Crippen molar-refractivity contribution in [2.45, 2.75) is 52.1 Å². The van der Waals surface area contributed by atoms with Crippen LogP contribution >= 0.6 is 0 Å². The average molecular weight is 459 g/mol. The van der Waals surface area contributed by atoms with Gasteiger partial charge < -0.3 is 34.0 Å². The van der Waals surface area contributed by atoms with Crippen molar-refractivity contribution in [3.8, 4) is 23.0 Å². The van der Waals surface area contributed by atoms with E-state index in [4.69, 9.17) is 18.6 Å². The Balaban J connectivity index is 1.58. The van der Waals surface area contributed by atoms with Crippen LogP contribution in [0.25, 0.3) is 0 Å². The van der Waals surface area contributed by atoms with E-state index in [0.717, 1.165) is 36.2 Å². The number of benzene rings is 1. The minimum absolute atomic E-state index is 0.0214. The molecule has 1 aromatic heterocycles. The molecule has 0 atom stereocenters. The first-order valence-electron chi connectivity index (χ1n) is 10.9. The zero-order valence-corrected chi connectivity index (χ0v) is 19.7. The van der Waals surface area contributed by atoms with Gasteiger partial charge in [-0.3, -0.25) is 9.59 Å². The van der Waals surface area contributed by atoms with Gasteiger partial charge in [-0.1, -0.05) is 13.8 Å². The summed E-state index contributed by atoms with van der Waals surface area (Å²) in [5.74, 6) is 1.64. The average Bonchev–Trinajstić information content (AvgIpc) is 3.22. The van der Waals surface area contributed by atoms with Crippen molar-refractivity contribution in [3.05, 3.63) is 44.5 Å². The number of likely N-dealkylation sites (N-methyl/N-ethyl adjacent to an activating group) is 1. The number of aryl methyl sites for hydroxylation is 1. The Morgan fingerprint density at radius 3 is 2.73 bits per heavy atom. The molecule has 4 rings (SSSR count). The zero-order chi connectivity index (χ0) is 23.9. The van der Waals surface area contributed by atoms with Crippen molar-refractivity contribution in [1.29, 1.82) is 0 Å². The lowest BCUT2D eigenvalue weighted by Gasteiger charge is -2.29. The van der Waals surface area contributed by atoms with Gasteiger partial charge in [0.25, 0.3) is 0 Å². The van der Waals surface area contributed by atoms with Gasteiger partial charge in [0.05, 0.1) is 7.11 Å². The molecule has 0 saturated carbocycles. The van der Waals surface area contributed by atoms with Gasteiger partial charge in [-0.25, -0.2) is 0 Å². The summed E-state index contributed by atoms with van der Waals surface area (Å²) in [7, 11) is 3.67. The molecular formula is C24H30N2O7. The molecular weight excluding hydrogens is 428 g/mol. The molecule has 178 valence electrons. The van der Waals surface area contributed by atoms with Crippen molar-refractivity contribution in [3.63, 3.8) is 0 Å². The molecule has 33 heavy (non-hydrogen) atoms. The minimum atomic E-state index is -0.886. The molecule has 2 N–H and O–H groups in total. The number of rotatable bonds is 6. The van der Waals surface area contributed by atoms with Crippen LogP contribution in [-0.4, -0.2) is 43.4 Å². The fourth-order valence-corrected chi connectivity index (χ4v) is 4.58. The highest BCUT2D eigenvalue weighted by atomic mass is 16.7. The lowest BCUT2D eigenvalue weighted by molar-refractivity contribution is -0.122. The topological polar surface area (TPSA) is 110 Å². The SMILES string of the molecule is COc1c2c(c(CNC(=O)CC(C)(C)c3oc(C)cc(=O)c3O)c3c1OCO3)CCN(C)C2. The molecule has 2 aliphatic rings. The minimum Gasteiger partial charge on any atom is -0.502 e. The second-order valence-electron chi connectivity index (χ2n) is 9.26. The zero-order valence-electron chi connectivity index (χ0n) is 19.7. The Bertz CT molecular complexity index is 1150. The molecule has 1 aromatic carbocycles. The summed E-state index contributed by atoms with van der Waals surface area (Å²) in [5, 5.41) is 13.2. The summed E-state index contributed by atoms with van der Waals surface area (Å²) >= 11 is 0. The highest BCUT2D eigenvalue weighted by Gasteiger charge is 2.34. The molecule has 3 heterocycles. The second kappa shape index (κ2) is 8.62. The highest BCUT2D eigenvalue weighted by Crippen LogP contribution is 2.49. The maximum Gasteiger partial charge on any atom is 0.231 e. The van der Waals surface area contributed by atoms with E-state index in [1.54, 1.807) is 27.9 Å². The van der Waals surface area contributed by atoms with Crippen LogP contribution in [0.15, 0.2) is 15.3 Å². The Morgan fingerprint density at radius 1 is 1.27 bits per heavy atom. The van der Waals surface area contributed by atoms with E-state index >= 15 is 0 Å². The summed E-state index contributed by atoms with van der Waals surface area (Å²) in [5.41, 5.74) is 1.64. The number of hydrogen-bond donors (Lipinski definition) is 2. The Hall–Kier alpha value is -3.20. The van der Waals surface area contributed by atoms with Crippen LogP contribution in [0.3, 0.4) is 0 Å². The highest BCUT2D eigenvalue weighted by molar-refractivity contribution is 5.78. The van der Waals surface area contributed by atoms with Crippen molar-refractivity contribution >= 4 is 5.91 Å². The molecule has 0 radical (unpaired) electrons. The summed E-state index contributed by atoms with van der Waals surface area (Å²) in [6, 6.07) is 1.22. The molecule has 0 bridgehead atoms. The molecule has 0 spiro atoms. The van der Waals surface area contributed by atoms with Crippen molar-refractivity contribution in [2.75, 3.05) is 27.5 Å². The third-order valence-electron chi connectivity index (χ3n) is 6.20. The van der Waals surface area contributed by atoms with E-state index in [0.29, 0.717) is 23.0 Å². The van der Waals surface area contributed by atoms with Gasteiger partial charge in [-0.15, -0.1) is 0 Å². The van der Waals surface area contributed by atoms with Crippen LogP contribution in [0.2, 0.25) is 0 Å². The molecule has 0 unspecified atom stereocenters. The molecule has 2 aliphatic heterocycles. The predicted octanol–water partition coefficient (Wildman–Crippen LogP) is 2.36. The summed E-state index contributed by atoms with van der Waals surface area (Å²) in [6.45, 7) is 7.11. The van der Waals surface area contributed by atoms with Crippen LogP contribution in [-0.2, 0) is 29.7 Å². The number of aromatic hydroxyl groups is 1. The molecule has 0 aliphatic carbocycles. The normalized spacial score (nSPS) is 15.3. The van der Waals surface area contributed by atoms with Gasteiger partial charge in [-0.2, -0.15) is 0 Å². The van der Waals surface area contributed by atoms with Crippen LogP contribution < -0.4 is 25.0 Å². The lowest BCUT2D eigenvalue weighted by atomic mass is 9.85. The Labute approximate surface area is 192 Å². The largest absolute Gasteiger partial charge is 0.502 e. The van der Waals surface area contributed by atoms with Gasteiger partial charge in [0.1, 0.15) is 5.76 Å². The number of nitrogens with zero attached hydrogens (tertiary/aromatic N) is 1. The smallest absolute Gasteiger partial charge is 0.231 e. The fourth-order valence-electron chi connectivity index (χ4n) is 4.58. The molecule has 9 heteroatoms. The molecule has 1 amide bonds. The number of ether oxygens (including phenoxy) is 3. The van der Waals surface area contributed by atoms with Crippen LogP contribution in [0.1, 0.15) is 48.5 Å². The van der Waals surface area contributed by atoms with Gasteiger partial charge in [0.2, 0.25) is 29.6 Å². The van der Waals surface area contributed by atoms with E-state index in [1.807, 2.05) is 0 Å². The van der Waals surface area contributed by atoms with Crippen LogP contribution in [0, 0.1) is 6.92 Å². The van der Waals surface area contributed by atoms with Crippen molar-refractivity contribution < 1.29 is 28.5 Å². The van der Waals surface area contributed by atoms with Gasteiger partial charge in [-0.05, 0) is 26.0 Å². The number of methoxy groups -OCH3 is 1. The molecule has 2 aromatic rings. The van der Waals surface area contributed by atoms with Crippen molar-refractivity contribution in [1.82, 2.24) is 10.2 Å². The van der Waals surface area contributed by atoms with E-state index < -0.39 is 16.6 Å². The van der Waals surface area contributed by atoms with Gasteiger partial charge >= 0.3 is 0 Å². The predicted molar refractivity (Wildman–Crippen MR) is 120 cm³/mol. The van der Waals surface area contributed by atoms with E-state index in [-0.39, 0.29) is 31.4 Å². The summed E-state index contributed by atoms with van der Waals surface area (Å²) in [6.07, 6.45) is 0.825. The Kier molecular flexibility index (Phi) is 6.00. The molecule has 0 saturated heterocycles. The number of fused-ring (bicyclic) bond motifs is 2. The monoisotopic (exact) mass is 458 g/mol. The first-order valence-corrected chi connectivity index (χ1v) is 10.9.